The Labute approximate surface area is 129 Å². The van der Waals surface area contributed by atoms with E-state index in [1.807, 2.05) is 60.7 Å². The number of rotatable bonds is 3. The maximum Gasteiger partial charge on any atom is 0.244 e. The lowest BCUT2D eigenvalue weighted by Gasteiger charge is -2.04. The first-order valence-corrected chi connectivity index (χ1v) is 7.00. The van der Waals surface area contributed by atoms with Crippen LogP contribution < -0.4 is 4.74 Å². The van der Waals surface area contributed by atoms with E-state index < -0.39 is 0 Å². The molecular weight excluding hydrogens is 276 g/mol. The van der Waals surface area contributed by atoms with E-state index in [9.17, 15) is 4.79 Å². The average molecular weight is 292 g/mol. The van der Waals surface area contributed by atoms with E-state index in [-0.39, 0.29) is 5.91 Å². The van der Waals surface area contributed by atoms with Gasteiger partial charge in [0.15, 0.2) is 0 Å². The van der Waals surface area contributed by atoms with Crippen LogP contribution in [0.4, 0.5) is 0 Å². The minimum Gasteiger partial charge on any atom is -0.497 e. The van der Waals surface area contributed by atoms with Crippen molar-refractivity contribution in [3.05, 3.63) is 60.7 Å². The summed E-state index contributed by atoms with van der Waals surface area (Å²) in [5, 5.41) is 4.43. The number of nitrogens with zero attached hydrogens (tertiary/aromatic N) is 2. The predicted octanol–water partition coefficient (Wildman–Crippen LogP) is 3.89. The Kier molecular flexibility index (Phi) is 3.74. The van der Waals surface area contributed by atoms with Crippen molar-refractivity contribution in [1.29, 1.82) is 0 Å². The van der Waals surface area contributed by atoms with Crippen molar-refractivity contribution in [2.45, 2.75) is 6.92 Å². The van der Waals surface area contributed by atoms with Crippen LogP contribution in [0.25, 0.3) is 22.5 Å². The number of carbonyl (C=O) groups is 1. The highest BCUT2D eigenvalue weighted by Gasteiger charge is 2.14. The summed E-state index contributed by atoms with van der Waals surface area (Å²) in [7, 11) is 1.63. The number of hydrogen-bond donors (Lipinski definition) is 0. The van der Waals surface area contributed by atoms with Crippen LogP contribution in [0.5, 0.6) is 5.75 Å². The number of carbonyl (C=O) groups excluding carboxylic acids is 1. The summed E-state index contributed by atoms with van der Waals surface area (Å²) in [5.41, 5.74) is 3.46. The lowest BCUT2D eigenvalue weighted by Crippen LogP contribution is -2.09. The molecule has 110 valence electrons. The molecule has 0 unspecified atom stereocenters. The summed E-state index contributed by atoms with van der Waals surface area (Å²) >= 11 is 0. The first-order chi connectivity index (χ1) is 10.7. The molecule has 0 radical (unpaired) electrons. The topological polar surface area (TPSA) is 44.1 Å². The van der Waals surface area contributed by atoms with Gasteiger partial charge in [0.2, 0.25) is 5.91 Å². The molecule has 0 fully saturated rings. The Morgan fingerprint density at radius 3 is 2.27 bits per heavy atom. The number of ether oxygens (including phenoxy) is 1. The van der Waals surface area contributed by atoms with Crippen LogP contribution in [0.3, 0.4) is 0 Å². The fraction of sp³-hybridized carbons (Fsp3) is 0.111. The van der Waals surface area contributed by atoms with Gasteiger partial charge < -0.3 is 4.74 Å². The summed E-state index contributed by atoms with van der Waals surface area (Å²) in [6, 6.07) is 19.3. The van der Waals surface area contributed by atoms with Gasteiger partial charge in [0.25, 0.3) is 0 Å². The van der Waals surface area contributed by atoms with E-state index in [0.717, 1.165) is 28.3 Å². The number of hydrogen-bond acceptors (Lipinski definition) is 3. The minimum absolute atomic E-state index is 0.118. The molecule has 0 aliphatic rings. The molecular formula is C18H16N2O2. The van der Waals surface area contributed by atoms with Crippen molar-refractivity contribution in [1.82, 2.24) is 9.78 Å². The van der Waals surface area contributed by atoms with Crippen molar-refractivity contribution >= 4 is 5.91 Å². The van der Waals surface area contributed by atoms with Crippen LogP contribution in [0.1, 0.15) is 11.7 Å². The molecule has 0 N–H and O–H groups in total. The molecule has 0 bridgehead atoms. The van der Waals surface area contributed by atoms with E-state index in [0.29, 0.717) is 0 Å². The molecule has 22 heavy (non-hydrogen) atoms. The van der Waals surface area contributed by atoms with Crippen LogP contribution in [0.2, 0.25) is 0 Å². The van der Waals surface area contributed by atoms with Crippen molar-refractivity contribution in [2.24, 2.45) is 0 Å². The fourth-order valence-corrected chi connectivity index (χ4v) is 2.34. The molecule has 0 aliphatic carbocycles. The first kappa shape index (κ1) is 14.1. The minimum atomic E-state index is -0.118. The van der Waals surface area contributed by atoms with Gasteiger partial charge >= 0.3 is 0 Å². The Morgan fingerprint density at radius 1 is 1.00 bits per heavy atom. The van der Waals surface area contributed by atoms with Crippen LogP contribution in [0.15, 0.2) is 60.7 Å². The van der Waals surface area contributed by atoms with E-state index in [1.54, 1.807) is 7.11 Å². The summed E-state index contributed by atoms with van der Waals surface area (Å²) in [6.45, 7) is 1.51. The van der Waals surface area contributed by atoms with Crippen molar-refractivity contribution in [2.75, 3.05) is 7.11 Å². The van der Waals surface area contributed by atoms with E-state index in [2.05, 4.69) is 5.10 Å². The Bertz CT molecular complexity index is 790. The third kappa shape index (κ3) is 2.63. The maximum atomic E-state index is 11.9. The molecule has 3 aromatic rings. The normalized spacial score (nSPS) is 10.5. The molecule has 4 heteroatoms. The van der Waals surface area contributed by atoms with Gasteiger partial charge in [0, 0.05) is 18.1 Å². The van der Waals surface area contributed by atoms with Crippen LogP contribution in [-0.2, 0) is 0 Å². The quantitative estimate of drug-likeness (QED) is 0.735. The second-order valence-electron chi connectivity index (χ2n) is 4.94. The van der Waals surface area contributed by atoms with Gasteiger partial charge in [-0.2, -0.15) is 9.78 Å². The highest BCUT2D eigenvalue weighted by atomic mass is 16.5. The van der Waals surface area contributed by atoms with Crippen molar-refractivity contribution in [3.8, 4) is 28.3 Å². The fourth-order valence-electron chi connectivity index (χ4n) is 2.34. The van der Waals surface area contributed by atoms with Gasteiger partial charge in [-0.3, -0.25) is 4.79 Å². The SMILES string of the molecule is COc1ccc(-c2cc(-c3ccccc3)nn2C(C)=O)cc1. The molecule has 0 saturated carbocycles. The number of aromatic nitrogens is 2. The van der Waals surface area contributed by atoms with Crippen molar-refractivity contribution in [3.63, 3.8) is 0 Å². The summed E-state index contributed by atoms with van der Waals surface area (Å²) in [6.07, 6.45) is 0. The second kappa shape index (κ2) is 5.85. The monoisotopic (exact) mass is 292 g/mol. The standard InChI is InChI=1S/C18H16N2O2/c1-13(21)20-18(15-8-10-16(22-2)11-9-15)12-17(19-20)14-6-4-3-5-7-14/h3-12H,1-2H3. The lowest BCUT2D eigenvalue weighted by atomic mass is 10.1. The summed E-state index contributed by atoms with van der Waals surface area (Å²) in [4.78, 5) is 11.9. The van der Waals surface area contributed by atoms with Crippen molar-refractivity contribution < 1.29 is 9.53 Å². The van der Waals surface area contributed by atoms with Gasteiger partial charge in [-0.05, 0) is 30.3 Å². The van der Waals surface area contributed by atoms with Gasteiger partial charge in [0.05, 0.1) is 18.5 Å². The third-order valence-electron chi connectivity index (χ3n) is 3.46. The molecule has 0 atom stereocenters. The molecule has 0 aliphatic heterocycles. The maximum absolute atomic E-state index is 11.9. The highest BCUT2D eigenvalue weighted by Crippen LogP contribution is 2.27. The first-order valence-electron chi connectivity index (χ1n) is 7.00. The largest absolute Gasteiger partial charge is 0.497 e. The van der Waals surface area contributed by atoms with Gasteiger partial charge in [-0.15, -0.1) is 0 Å². The molecule has 0 saturated heterocycles. The summed E-state index contributed by atoms with van der Waals surface area (Å²) < 4.78 is 6.60. The predicted molar refractivity (Wildman–Crippen MR) is 86.0 cm³/mol. The molecule has 1 heterocycles. The number of methoxy groups -OCH3 is 1. The molecule has 3 rings (SSSR count). The summed E-state index contributed by atoms with van der Waals surface area (Å²) in [5.74, 6) is 0.661. The van der Waals surface area contributed by atoms with Crippen LogP contribution >= 0.6 is 0 Å². The zero-order valence-corrected chi connectivity index (χ0v) is 12.5. The highest BCUT2D eigenvalue weighted by molar-refractivity contribution is 5.83. The zero-order valence-electron chi connectivity index (χ0n) is 12.5. The molecule has 0 amide bonds. The second-order valence-corrected chi connectivity index (χ2v) is 4.94. The molecule has 1 aromatic heterocycles. The molecule has 4 nitrogen and oxygen atoms in total. The third-order valence-corrected chi connectivity index (χ3v) is 3.46. The van der Waals surface area contributed by atoms with Crippen LogP contribution in [0, 0.1) is 0 Å². The van der Waals surface area contributed by atoms with E-state index >= 15 is 0 Å². The Morgan fingerprint density at radius 2 is 1.68 bits per heavy atom. The van der Waals surface area contributed by atoms with Crippen LogP contribution in [-0.4, -0.2) is 22.8 Å². The Balaban J connectivity index is 2.09. The van der Waals surface area contributed by atoms with Gasteiger partial charge in [-0.25, -0.2) is 0 Å². The molecule has 0 spiro atoms. The lowest BCUT2D eigenvalue weighted by molar-refractivity contribution is 0.0923. The zero-order chi connectivity index (χ0) is 15.5. The molecule has 2 aromatic carbocycles. The average Bonchev–Trinajstić information content (AvgIpc) is 3.01. The van der Waals surface area contributed by atoms with E-state index in [1.165, 1.54) is 11.6 Å². The smallest absolute Gasteiger partial charge is 0.244 e. The van der Waals surface area contributed by atoms with Gasteiger partial charge in [0.1, 0.15) is 5.75 Å². The Hall–Kier alpha value is -2.88. The van der Waals surface area contributed by atoms with Gasteiger partial charge in [-0.1, -0.05) is 30.3 Å². The number of benzene rings is 2. The van der Waals surface area contributed by atoms with E-state index in [4.69, 9.17) is 4.74 Å².